The number of carbonyl (C=O) groups is 2. The topological polar surface area (TPSA) is 58.6 Å². The van der Waals surface area contributed by atoms with Crippen molar-refractivity contribution in [2.24, 2.45) is 5.92 Å². The van der Waals surface area contributed by atoms with Gasteiger partial charge in [-0.15, -0.1) is 0 Å². The van der Waals surface area contributed by atoms with Crippen LogP contribution in [0, 0.1) is 5.92 Å². The van der Waals surface area contributed by atoms with Crippen LogP contribution in [-0.4, -0.2) is 49.1 Å². The molecule has 0 bridgehead atoms. The Balaban J connectivity index is 1.80. The first-order valence-corrected chi connectivity index (χ1v) is 7.38. The maximum Gasteiger partial charge on any atom is 0.245 e. The third kappa shape index (κ3) is 4.20. The normalized spacial score (nSPS) is 24.3. The molecule has 1 saturated heterocycles. The third-order valence-corrected chi connectivity index (χ3v) is 3.66. The molecule has 2 fully saturated rings. The summed E-state index contributed by atoms with van der Waals surface area (Å²) < 4.78 is 5.43. The molecule has 5 heteroatoms. The van der Waals surface area contributed by atoms with Gasteiger partial charge in [0.25, 0.3) is 0 Å². The highest BCUT2D eigenvalue weighted by atomic mass is 16.5. The van der Waals surface area contributed by atoms with Crippen LogP contribution in [0.2, 0.25) is 0 Å². The van der Waals surface area contributed by atoms with Crippen LogP contribution in [0.3, 0.4) is 0 Å². The molecule has 0 spiro atoms. The van der Waals surface area contributed by atoms with Gasteiger partial charge in [-0.25, -0.2) is 0 Å². The lowest BCUT2D eigenvalue weighted by molar-refractivity contribution is -0.134. The van der Waals surface area contributed by atoms with Gasteiger partial charge in [0, 0.05) is 32.7 Å². The minimum absolute atomic E-state index is 0.00924. The Hall–Kier alpha value is -1.10. The number of rotatable bonds is 7. The van der Waals surface area contributed by atoms with Gasteiger partial charge in [0.05, 0.1) is 0 Å². The summed E-state index contributed by atoms with van der Waals surface area (Å²) >= 11 is 0. The number of ether oxygens (including phenoxy) is 1. The Morgan fingerprint density at radius 1 is 1.32 bits per heavy atom. The molecule has 1 unspecified atom stereocenters. The van der Waals surface area contributed by atoms with E-state index in [-0.39, 0.29) is 17.9 Å². The van der Waals surface area contributed by atoms with E-state index in [4.69, 9.17) is 4.74 Å². The highest BCUT2D eigenvalue weighted by Gasteiger charge is 2.40. The van der Waals surface area contributed by atoms with Crippen molar-refractivity contribution < 1.29 is 14.3 Å². The quantitative estimate of drug-likeness (QED) is 0.699. The van der Waals surface area contributed by atoms with E-state index in [1.54, 1.807) is 0 Å². The highest BCUT2D eigenvalue weighted by molar-refractivity contribution is 5.90. The highest BCUT2D eigenvalue weighted by Crippen LogP contribution is 2.34. The van der Waals surface area contributed by atoms with Crippen molar-refractivity contribution in [3.8, 4) is 0 Å². The molecule has 1 aliphatic heterocycles. The van der Waals surface area contributed by atoms with Crippen LogP contribution in [0.5, 0.6) is 0 Å². The van der Waals surface area contributed by atoms with Crippen LogP contribution in [0.15, 0.2) is 0 Å². The fourth-order valence-electron chi connectivity index (χ4n) is 2.43. The van der Waals surface area contributed by atoms with Crippen molar-refractivity contribution in [3.05, 3.63) is 0 Å². The van der Waals surface area contributed by atoms with Crippen LogP contribution in [0.4, 0.5) is 0 Å². The van der Waals surface area contributed by atoms with Gasteiger partial charge in [0.2, 0.25) is 11.8 Å². The van der Waals surface area contributed by atoms with Crippen molar-refractivity contribution in [2.45, 2.75) is 45.1 Å². The number of carbonyl (C=O) groups excluding carboxylic acids is 2. The number of hydrogen-bond acceptors (Lipinski definition) is 3. The Bertz CT molecular complexity index is 329. The Labute approximate surface area is 114 Å². The molecule has 5 nitrogen and oxygen atoms in total. The third-order valence-electron chi connectivity index (χ3n) is 3.66. The molecule has 1 N–H and O–H groups in total. The van der Waals surface area contributed by atoms with Crippen molar-refractivity contribution in [2.75, 3.05) is 26.3 Å². The van der Waals surface area contributed by atoms with Gasteiger partial charge < -0.3 is 15.0 Å². The van der Waals surface area contributed by atoms with Gasteiger partial charge in [-0.3, -0.25) is 9.59 Å². The first-order chi connectivity index (χ1) is 9.22. The van der Waals surface area contributed by atoms with Crippen molar-refractivity contribution in [1.82, 2.24) is 10.2 Å². The molecule has 108 valence electrons. The lowest BCUT2D eigenvalue weighted by Gasteiger charge is -2.23. The molecule has 2 amide bonds. The molecule has 2 rings (SSSR count). The second-order valence-electron chi connectivity index (χ2n) is 5.42. The summed E-state index contributed by atoms with van der Waals surface area (Å²) in [6.45, 7) is 4.78. The second-order valence-corrected chi connectivity index (χ2v) is 5.42. The molecule has 19 heavy (non-hydrogen) atoms. The molecular weight excluding hydrogens is 244 g/mol. The monoisotopic (exact) mass is 268 g/mol. The van der Waals surface area contributed by atoms with Crippen LogP contribution >= 0.6 is 0 Å². The smallest absolute Gasteiger partial charge is 0.245 e. The summed E-state index contributed by atoms with van der Waals surface area (Å²) in [4.78, 5) is 25.8. The summed E-state index contributed by atoms with van der Waals surface area (Å²) in [5.74, 6) is 0.479. The van der Waals surface area contributed by atoms with Gasteiger partial charge in [0.15, 0.2) is 0 Å². The predicted molar refractivity (Wildman–Crippen MR) is 71.6 cm³/mol. The molecule has 1 atom stereocenters. The summed E-state index contributed by atoms with van der Waals surface area (Å²) in [6, 6.07) is -0.272. The molecule has 0 aromatic rings. The maximum absolute atomic E-state index is 12.4. The first kappa shape index (κ1) is 14.3. The number of nitrogens with zero attached hydrogens (tertiary/aromatic N) is 1. The van der Waals surface area contributed by atoms with Crippen molar-refractivity contribution in [1.29, 1.82) is 0 Å². The SMILES string of the molecule is CCCOCCCN1CCC(=O)NC(C2CC2)C1=O. The molecule has 0 aromatic heterocycles. The van der Waals surface area contributed by atoms with Crippen LogP contribution in [-0.2, 0) is 14.3 Å². The zero-order chi connectivity index (χ0) is 13.7. The van der Waals surface area contributed by atoms with Gasteiger partial charge in [-0.1, -0.05) is 6.92 Å². The molecule has 0 aromatic carbocycles. The summed E-state index contributed by atoms with van der Waals surface area (Å²) in [7, 11) is 0. The van der Waals surface area contributed by atoms with Gasteiger partial charge in [-0.2, -0.15) is 0 Å². The van der Waals surface area contributed by atoms with E-state index in [1.165, 1.54) is 0 Å². The Morgan fingerprint density at radius 2 is 2.11 bits per heavy atom. The van der Waals surface area contributed by atoms with E-state index in [9.17, 15) is 9.59 Å². The fourth-order valence-corrected chi connectivity index (χ4v) is 2.43. The molecule has 1 heterocycles. The van der Waals surface area contributed by atoms with Crippen molar-refractivity contribution in [3.63, 3.8) is 0 Å². The molecular formula is C14H24N2O3. The second kappa shape index (κ2) is 6.89. The lowest BCUT2D eigenvalue weighted by atomic mass is 10.1. The van der Waals surface area contributed by atoms with Gasteiger partial charge in [0.1, 0.15) is 6.04 Å². The fraction of sp³-hybridized carbons (Fsp3) is 0.857. The van der Waals surface area contributed by atoms with Crippen LogP contribution in [0.25, 0.3) is 0 Å². The minimum atomic E-state index is -0.272. The summed E-state index contributed by atoms with van der Waals surface area (Å²) in [6.07, 6.45) is 4.40. The lowest BCUT2D eigenvalue weighted by Crippen LogP contribution is -2.46. The van der Waals surface area contributed by atoms with Gasteiger partial charge >= 0.3 is 0 Å². The van der Waals surface area contributed by atoms with E-state index in [0.29, 0.717) is 32.0 Å². The van der Waals surface area contributed by atoms with E-state index < -0.39 is 0 Å². The first-order valence-electron chi connectivity index (χ1n) is 7.38. The molecule has 0 radical (unpaired) electrons. The average molecular weight is 268 g/mol. The minimum Gasteiger partial charge on any atom is -0.381 e. The van der Waals surface area contributed by atoms with E-state index in [1.807, 2.05) is 4.90 Å². The van der Waals surface area contributed by atoms with Crippen LogP contribution < -0.4 is 5.32 Å². The molecule has 1 aliphatic carbocycles. The zero-order valence-corrected chi connectivity index (χ0v) is 11.7. The number of nitrogens with one attached hydrogen (secondary N) is 1. The average Bonchev–Trinajstić information content (AvgIpc) is 3.22. The van der Waals surface area contributed by atoms with Gasteiger partial charge in [-0.05, 0) is 31.6 Å². The Kier molecular flexibility index (Phi) is 5.19. The van der Waals surface area contributed by atoms with E-state index >= 15 is 0 Å². The standard InChI is InChI=1S/C14H24N2O3/c1-2-9-19-10-3-7-16-8-6-12(17)15-13(14(16)18)11-4-5-11/h11,13H,2-10H2,1H3,(H,15,17). The molecule has 2 aliphatic rings. The zero-order valence-electron chi connectivity index (χ0n) is 11.7. The predicted octanol–water partition coefficient (Wildman–Crippen LogP) is 0.930. The number of hydrogen-bond donors (Lipinski definition) is 1. The molecule has 1 saturated carbocycles. The number of amides is 2. The van der Waals surface area contributed by atoms with Crippen LogP contribution in [0.1, 0.15) is 39.0 Å². The van der Waals surface area contributed by atoms with E-state index in [0.717, 1.165) is 32.3 Å². The Morgan fingerprint density at radius 3 is 2.79 bits per heavy atom. The van der Waals surface area contributed by atoms with E-state index in [2.05, 4.69) is 12.2 Å². The largest absolute Gasteiger partial charge is 0.381 e. The summed E-state index contributed by atoms with van der Waals surface area (Å²) in [5.41, 5.74) is 0. The maximum atomic E-state index is 12.4. The summed E-state index contributed by atoms with van der Waals surface area (Å²) in [5, 5.41) is 2.87. The van der Waals surface area contributed by atoms with Crippen molar-refractivity contribution >= 4 is 11.8 Å².